The summed E-state index contributed by atoms with van der Waals surface area (Å²) in [6.07, 6.45) is -2.66. The van der Waals surface area contributed by atoms with E-state index in [-0.39, 0.29) is 17.2 Å². The Morgan fingerprint density at radius 1 is 1.10 bits per heavy atom. The molecule has 152 valence electrons. The fraction of sp³-hybridized carbons (Fsp3) is 0.100. The molecule has 0 aliphatic carbocycles. The second-order valence-corrected chi connectivity index (χ2v) is 7.52. The Bertz CT molecular complexity index is 1300. The maximum atomic E-state index is 12.9. The summed E-state index contributed by atoms with van der Waals surface area (Å²) in [5, 5.41) is 9.75. The van der Waals surface area contributed by atoms with Crippen molar-refractivity contribution < 1.29 is 18.0 Å². The molecule has 4 rings (SSSR count). The number of halogens is 3. The summed E-state index contributed by atoms with van der Waals surface area (Å²) in [5.41, 5.74) is -0.590. The zero-order valence-corrected chi connectivity index (χ0v) is 16.0. The summed E-state index contributed by atoms with van der Waals surface area (Å²) in [6.45, 7) is 0. The molecule has 2 heterocycles. The van der Waals surface area contributed by atoms with Crippen molar-refractivity contribution in [3.63, 3.8) is 0 Å². The lowest BCUT2D eigenvalue weighted by molar-refractivity contribution is -0.137. The van der Waals surface area contributed by atoms with E-state index in [1.165, 1.54) is 12.3 Å². The average Bonchev–Trinajstić information content (AvgIpc) is 3.14. The third-order valence-corrected chi connectivity index (χ3v) is 5.23. The Morgan fingerprint density at radius 3 is 2.63 bits per heavy atom. The van der Waals surface area contributed by atoms with E-state index >= 15 is 0 Å². The van der Waals surface area contributed by atoms with Crippen LogP contribution in [0.4, 0.5) is 18.3 Å². The van der Waals surface area contributed by atoms with E-state index in [1.807, 2.05) is 0 Å². The summed E-state index contributed by atoms with van der Waals surface area (Å²) >= 11 is 1.15. The number of fused-ring (bicyclic) bond motifs is 1. The first-order chi connectivity index (χ1) is 14.3. The van der Waals surface area contributed by atoms with Gasteiger partial charge in [0.2, 0.25) is 0 Å². The predicted molar refractivity (Wildman–Crippen MR) is 107 cm³/mol. The van der Waals surface area contributed by atoms with Crippen molar-refractivity contribution in [1.29, 1.82) is 0 Å². The van der Waals surface area contributed by atoms with Gasteiger partial charge < -0.3 is 0 Å². The number of H-pyrrole nitrogens is 1. The lowest BCUT2D eigenvalue weighted by atomic mass is 10.1. The molecule has 10 heteroatoms. The number of rotatable bonds is 4. The van der Waals surface area contributed by atoms with Crippen molar-refractivity contribution >= 4 is 33.1 Å². The fourth-order valence-electron chi connectivity index (χ4n) is 2.95. The highest BCUT2D eigenvalue weighted by molar-refractivity contribution is 7.15. The smallest absolute Gasteiger partial charge is 0.296 e. The second kappa shape index (κ2) is 7.71. The molecule has 2 N–H and O–H groups in total. The first kappa shape index (κ1) is 19.8. The summed E-state index contributed by atoms with van der Waals surface area (Å²) in [5.74, 6) is -0.553. The minimum absolute atomic E-state index is 0.0415. The third-order valence-electron chi connectivity index (χ3n) is 4.32. The van der Waals surface area contributed by atoms with E-state index in [1.54, 1.807) is 30.3 Å². The van der Waals surface area contributed by atoms with E-state index in [2.05, 4.69) is 20.5 Å². The molecular weight excluding hydrogens is 417 g/mol. The molecule has 0 fully saturated rings. The van der Waals surface area contributed by atoms with Gasteiger partial charge in [0.15, 0.2) is 10.8 Å². The van der Waals surface area contributed by atoms with E-state index in [0.29, 0.717) is 21.2 Å². The van der Waals surface area contributed by atoms with Crippen LogP contribution in [0.25, 0.3) is 10.8 Å². The summed E-state index contributed by atoms with van der Waals surface area (Å²) in [6, 6.07) is 11.6. The van der Waals surface area contributed by atoms with Crippen molar-refractivity contribution in [2.24, 2.45) is 0 Å². The van der Waals surface area contributed by atoms with E-state index < -0.39 is 23.2 Å². The molecule has 1 amide bonds. The number of carbonyl (C=O) groups is 1. The van der Waals surface area contributed by atoms with Gasteiger partial charge in [0, 0.05) is 22.9 Å². The van der Waals surface area contributed by atoms with Crippen LogP contribution in [0, 0.1) is 0 Å². The van der Waals surface area contributed by atoms with Crippen molar-refractivity contribution in [1.82, 2.24) is 15.2 Å². The number of carbonyl (C=O) groups excluding carboxylic acids is 1. The number of benzene rings is 2. The van der Waals surface area contributed by atoms with Gasteiger partial charge in [-0.3, -0.25) is 14.9 Å². The van der Waals surface area contributed by atoms with E-state index in [0.717, 1.165) is 23.5 Å². The number of nitrogens with one attached hydrogen (secondary N) is 2. The van der Waals surface area contributed by atoms with Gasteiger partial charge in [0.25, 0.3) is 11.5 Å². The van der Waals surface area contributed by atoms with Gasteiger partial charge in [-0.2, -0.15) is 18.3 Å². The largest absolute Gasteiger partial charge is 0.416 e. The zero-order valence-electron chi connectivity index (χ0n) is 15.2. The number of aromatic nitrogens is 3. The lowest BCUT2D eigenvalue weighted by Gasteiger charge is -2.07. The standard InChI is InChI=1S/C20H13F3N4O2S/c21-20(22,23)12-5-3-4-11(8-12)9-13-10-24-19(30-13)25-18(29)16-14-6-1-2-7-15(14)17(28)27-26-16/h1-8,10H,9H2,(H,27,28)(H,24,25,29). The molecule has 0 saturated carbocycles. The zero-order chi connectivity index (χ0) is 21.3. The molecule has 0 radical (unpaired) electrons. The topological polar surface area (TPSA) is 87.7 Å². The quantitative estimate of drug-likeness (QED) is 0.507. The highest BCUT2D eigenvalue weighted by Crippen LogP contribution is 2.30. The first-order valence-corrected chi connectivity index (χ1v) is 9.52. The van der Waals surface area contributed by atoms with Gasteiger partial charge >= 0.3 is 6.18 Å². The summed E-state index contributed by atoms with van der Waals surface area (Å²) in [7, 11) is 0. The van der Waals surface area contributed by atoms with Gasteiger partial charge in [0.05, 0.1) is 10.9 Å². The molecule has 0 aliphatic rings. The van der Waals surface area contributed by atoms with E-state index in [9.17, 15) is 22.8 Å². The Morgan fingerprint density at radius 2 is 1.87 bits per heavy atom. The highest BCUT2D eigenvalue weighted by atomic mass is 32.1. The Kier molecular flexibility index (Phi) is 5.08. The van der Waals surface area contributed by atoms with Crippen LogP contribution in [0.3, 0.4) is 0 Å². The summed E-state index contributed by atoms with van der Waals surface area (Å²) < 4.78 is 38.6. The van der Waals surface area contributed by atoms with Crippen molar-refractivity contribution in [2.75, 3.05) is 5.32 Å². The molecule has 0 unspecified atom stereocenters. The molecule has 0 bridgehead atoms. The highest BCUT2D eigenvalue weighted by Gasteiger charge is 2.30. The number of hydrogen-bond donors (Lipinski definition) is 2. The first-order valence-electron chi connectivity index (χ1n) is 8.71. The van der Waals surface area contributed by atoms with Crippen LogP contribution in [0.2, 0.25) is 0 Å². The molecule has 4 aromatic rings. The van der Waals surface area contributed by atoms with Crippen LogP contribution < -0.4 is 10.9 Å². The van der Waals surface area contributed by atoms with Crippen LogP contribution >= 0.6 is 11.3 Å². The predicted octanol–water partition coefficient (Wildman–Crippen LogP) is 4.24. The molecular formula is C20H13F3N4O2S. The molecule has 0 spiro atoms. The van der Waals surface area contributed by atoms with Crippen LogP contribution in [0.1, 0.15) is 26.5 Å². The number of alkyl halides is 3. The van der Waals surface area contributed by atoms with Gasteiger partial charge in [-0.1, -0.05) is 36.4 Å². The molecule has 30 heavy (non-hydrogen) atoms. The SMILES string of the molecule is O=C(Nc1ncc(Cc2cccc(C(F)(F)F)c2)s1)c1n[nH]c(=O)c2ccccc12. The normalized spacial score (nSPS) is 11.6. The van der Waals surface area contributed by atoms with Crippen molar-refractivity contribution in [2.45, 2.75) is 12.6 Å². The van der Waals surface area contributed by atoms with Crippen LogP contribution in [-0.4, -0.2) is 21.1 Å². The van der Waals surface area contributed by atoms with Crippen LogP contribution in [-0.2, 0) is 12.6 Å². The maximum Gasteiger partial charge on any atom is 0.416 e. The van der Waals surface area contributed by atoms with Gasteiger partial charge in [-0.25, -0.2) is 10.1 Å². The number of nitrogens with zero attached hydrogens (tertiary/aromatic N) is 2. The second-order valence-electron chi connectivity index (χ2n) is 6.41. The van der Waals surface area contributed by atoms with Gasteiger partial charge in [0.1, 0.15) is 0 Å². The molecule has 6 nitrogen and oxygen atoms in total. The minimum atomic E-state index is -4.41. The molecule has 0 atom stereocenters. The molecule has 2 aromatic carbocycles. The number of hydrogen-bond acceptors (Lipinski definition) is 5. The Hall–Kier alpha value is -3.53. The molecule has 0 aliphatic heterocycles. The number of amides is 1. The van der Waals surface area contributed by atoms with Gasteiger partial charge in [-0.05, 0) is 17.7 Å². The Labute approximate surface area is 171 Å². The number of anilines is 1. The number of thiazole rings is 1. The molecule has 2 aromatic heterocycles. The van der Waals surface area contributed by atoms with Crippen LogP contribution in [0.5, 0.6) is 0 Å². The average molecular weight is 430 g/mol. The van der Waals surface area contributed by atoms with Crippen LogP contribution in [0.15, 0.2) is 59.5 Å². The summed E-state index contributed by atoms with van der Waals surface area (Å²) in [4.78, 5) is 29.2. The fourth-order valence-corrected chi connectivity index (χ4v) is 3.79. The molecule has 0 saturated heterocycles. The lowest BCUT2D eigenvalue weighted by Crippen LogP contribution is -2.19. The van der Waals surface area contributed by atoms with Gasteiger partial charge in [-0.15, -0.1) is 11.3 Å². The maximum absolute atomic E-state index is 12.9. The van der Waals surface area contributed by atoms with E-state index in [4.69, 9.17) is 0 Å². The minimum Gasteiger partial charge on any atom is -0.296 e. The Balaban J connectivity index is 1.53. The third kappa shape index (κ3) is 4.08. The van der Waals surface area contributed by atoms with Crippen molar-refractivity contribution in [3.05, 3.63) is 86.8 Å². The monoisotopic (exact) mass is 430 g/mol. The number of aromatic amines is 1. The van der Waals surface area contributed by atoms with Crippen molar-refractivity contribution in [3.8, 4) is 0 Å².